The average molecular weight is 325 g/mol. The molecule has 0 spiro atoms. The Balaban J connectivity index is 2.10. The third-order valence-electron chi connectivity index (χ3n) is 3.72. The van der Waals surface area contributed by atoms with E-state index in [0.29, 0.717) is 5.92 Å². The Bertz CT molecular complexity index is 459. The predicted molar refractivity (Wildman–Crippen MR) is 81.4 cm³/mol. The molecule has 0 aromatic heterocycles. The molecule has 1 saturated heterocycles. The number of rotatable bonds is 3. The fourth-order valence-corrected chi connectivity index (χ4v) is 3.22. The van der Waals surface area contributed by atoms with E-state index in [4.69, 9.17) is 0 Å². The summed E-state index contributed by atoms with van der Waals surface area (Å²) in [6.07, 6.45) is 2.32. The zero-order valence-electron chi connectivity index (χ0n) is 11.6. The molecular formula is C15H21BrN2O. The highest BCUT2D eigenvalue weighted by molar-refractivity contribution is 9.10. The molecule has 1 aromatic rings. The first-order chi connectivity index (χ1) is 9.11. The molecule has 1 amide bonds. The van der Waals surface area contributed by atoms with Crippen LogP contribution >= 0.6 is 15.9 Å². The molecule has 2 rings (SSSR count). The van der Waals surface area contributed by atoms with Crippen molar-refractivity contribution < 1.29 is 4.79 Å². The number of nitrogens with one attached hydrogen (secondary N) is 1. The molecule has 19 heavy (non-hydrogen) atoms. The fraction of sp³-hybridized carbons (Fsp3) is 0.533. The van der Waals surface area contributed by atoms with Crippen molar-refractivity contribution >= 4 is 21.8 Å². The van der Waals surface area contributed by atoms with Gasteiger partial charge >= 0.3 is 0 Å². The van der Waals surface area contributed by atoms with Gasteiger partial charge in [0.25, 0.3) is 5.91 Å². The lowest BCUT2D eigenvalue weighted by atomic mass is 9.97. The standard InChI is InChI=1S/C15H21BrN2O/c1-11-8-13(16)5-6-14(11)15(19)18-7-3-4-12(10-18)9-17-2/h5-6,8,12,17H,3-4,7,9-10H2,1-2H3/t12-/m0/s1. The Kier molecular flexibility index (Phi) is 4.99. The quantitative estimate of drug-likeness (QED) is 0.927. The van der Waals surface area contributed by atoms with Crippen LogP contribution < -0.4 is 5.32 Å². The predicted octanol–water partition coefficient (Wildman–Crippen LogP) is 2.83. The smallest absolute Gasteiger partial charge is 0.254 e. The summed E-state index contributed by atoms with van der Waals surface area (Å²) in [6.45, 7) is 4.74. The van der Waals surface area contributed by atoms with Gasteiger partial charge in [-0.25, -0.2) is 0 Å². The van der Waals surface area contributed by atoms with Crippen LogP contribution in [0.15, 0.2) is 22.7 Å². The minimum absolute atomic E-state index is 0.172. The summed E-state index contributed by atoms with van der Waals surface area (Å²) >= 11 is 3.44. The van der Waals surface area contributed by atoms with Gasteiger partial charge in [-0.05, 0) is 63.0 Å². The number of carbonyl (C=O) groups is 1. The number of hydrogen-bond donors (Lipinski definition) is 1. The maximum Gasteiger partial charge on any atom is 0.254 e. The molecule has 3 nitrogen and oxygen atoms in total. The van der Waals surface area contributed by atoms with Crippen molar-refractivity contribution in [2.24, 2.45) is 5.92 Å². The number of aryl methyl sites for hydroxylation is 1. The van der Waals surface area contributed by atoms with Gasteiger partial charge < -0.3 is 10.2 Å². The van der Waals surface area contributed by atoms with Crippen LogP contribution in [0.4, 0.5) is 0 Å². The first-order valence-corrected chi connectivity index (χ1v) is 7.61. The Morgan fingerprint density at radius 3 is 3.00 bits per heavy atom. The molecule has 1 heterocycles. The van der Waals surface area contributed by atoms with Crippen LogP contribution in [0.5, 0.6) is 0 Å². The molecule has 4 heteroatoms. The second kappa shape index (κ2) is 6.53. The van der Waals surface area contributed by atoms with E-state index < -0.39 is 0 Å². The molecule has 1 N–H and O–H groups in total. The average Bonchev–Trinajstić information content (AvgIpc) is 2.39. The maximum absolute atomic E-state index is 12.6. The molecule has 1 aliphatic rings. The Labute approximate surface area is 123 Å². The van der Waals surface area contributed by atoms with E-state index in [0.717, 1.165) is 41.7 Å². The lowest BCUT2D eigenvalue weighted by molar-refractivity contribution is 0.0673. The number of halogens is 1. The Morgan fingerprint density at radius 1 is 1.53 bits per heavy atom. The molecule has 0 saturated carbocycles. The van der Waals surface area contributed by atoms with Gasteiger partial charge in [-0.2, -0.15) is 0 Å². The van der Waals surface area contributed by atoms with Crippen LogP contribution in [0.2, 0.25) is 0 Å². The van der Waals surface area contributed by atoms with Crippen molar-refractivity contribution in [1.29, 1.82) is 0 Å². The summed E-state index contributed by atoms with van der Waals surface area (Å²) < 4.78 is 1.02. The van der Waals surface area contributed by atoms with Crippen molar-refractivity contribution in [2.75, 3.05) is 26.7 Å². The number of carbonyl (C=O) groups excluding carboxylic acids is 1. The number of benzene rings is 1. The molecule has 0 bridgehead atoms. The van der Waals surface area contributed by atoms with Gasteiger partial charge in [0.2, 0.25) is 0 Å². The Morgan fingerprint density at radius 2 is 2.32 bits per heavy atom. The lowest BCUT2D eigenvalue weighted by Crippen LogP contribution is -2.42. The van der Waals surface area contributed by atoms with Crippen LogP contribution in [0.1, 0.15) is 28.8 Å². The number of amides is 1. The van der Waals surface area contributed by atoms with Gasteiger partial charge in [0.1, 0.15) is 0 Å². The van der Waals surface area contributed by atoms with Gasteiger partial charge in [0.15, 0.2) is 0 Å². The lowest BCUT2D eigenvalue weighted by Gasteiger charge is -2.33. The van der Waals surface area contributed by atoms with Crippen molar-refractivity contribution in [1.82, 2.24) is 10.2 Å². The number of likely N-dealkylation sites (tertiary alicyclic amines) is 1. The van der Waals surface area contributed by atoms with E-state index >= 15 is 0 Å². The highest BCUT2D eigenvalue weighted by Crippen LogP contribution is 2.21. The summed E-state index contributed by atoms with van der Waals surface area (Å²) in [5.74, 6) is 0.754. The van der Waals surface area contributed by atoms with Gasteiger partial charge in [0.05, 0.1) is 0 Å². The number of hydrogen-bond acceptors (Lipinski definition) is 2. The van der Waals surface area contributed by atoms with Crippen molar-refractivity contribution in [3.63, 3.8) is 0 Å². The second-order valence-corrected chi connectivity index (χ2v) is 6.19. The third kappa shape index (κ3) is 3.57. The van der Waals surface area contributed by atoms with Gasteiger partial charge in [0, 0.05) is 23.1 Å². The molecule has 0 unspecified atom stereocenters. The SMILES string of the molecule is CNC[C@@H]1CCCN(C(=O)c2ccc(Br)cc2C)C1. The van der Waals surface area contributed by atoms with E-state index in [2.05, 4.69) is 21.2 Å². The zero-order valence-corrected chi connectivity index (χ0v) is 13.2. The van der Waals surface area contributed by atoms with Crippen molar-refractivity contribution in [2.45, 2.75) is 19.8 Å². The van der Waals surface area contributed by atoms with Gasteiger partial charge in [-0.15, -0.1) is 0 Å². The minimum atomic E-state index is 0.172. The third-order valence-corrected chi connectivity index (χ3v) is 4.21. The topological polar surface area (TPSA) is 32.3 Å². The molecule has 0 aliphatic carbocycles. The van der Waals surface area contributed by atoms with E-state index in [1.54, 1.807) is 0 Å². The molecule has 104 valence electrons. The highest BCUT2D eigenvalue weighted by atomic mass is 79.9. The second-order valence-electron chi connectivity index (χ2n) is 5.28. The zero-order chi connectivity index (χ0) is 13.8. The van der Waals surface area contributed by atoms with Crippen LogP contribution in [0.25, 0.3) is 0 Å². The summed E-state index contributed by atoms with van der Waals surface area (Å²) in [6, 6.07) is 5.86. The number of nitrogens with zero attached hydrogens (tertiary/aromatic N) is 1. The highest BCUT2D eigenvalue weighted by Gasteiger charge is 2.24. The van der Waals surface area contributed by atoms with Crippen molar-refractivity contribution in [3.8, 4) is 0 Å². The van der Waals surface area contributed by atoms with E-state index in [-0.39, 0.29) is 5.91 Å². The van der Waals surface area contributed by atoms with Crippen LogP contribution in [-0.2, 0) is 0 Å². The van der Waals surface area contributed by atoms with Crippen LogP contribution in [-0.4, -0.2) is 37.5 Å². The fourth-order valence-electron chi connectivity index (χ4n) is 2.74. The molecular weight excluding hydrogens is 304 g/mol. The van der Waals surface area contributed by atoms with E-state index in [9.17, 15) is 4.79 Å². The first-order valence-electron chi connectivity index (χ1n) is 6.82. The molecule has 1 fully saturated rings. The summed E-state index contributed by atoms with van der Waals surface area (Å²) in [5, 5.41) is 3.21. The molecule has 1 aliphatic heterocycles. The van der Waals surface area contributed by atoms with Crippen LogP contribution in [0.3, 0.4) is 0 Å². The summed E-state index contributed by atoms with van der Waals surface area (Å²) in [7, 11) is 1.97. The maximum atomic E-state index is 12.6. The molecule has 1 aromatic carbocycles. The summed E-state index contributed by atoms with van der Waals surface area (Å²) in [4.78, 5) is 14.6. The van der Waals surface area contributed by atoms with Crippen LogP contribution in [0, 0.1) is 12.8 Å². The van der Waals surface area contributed by atoms with Crippen molar-refractivity contribution in [3.05, 3.63) is 33.8 Å². The number of piperidine rings is 1. The van der Waals surface area contributed by atoms with E-state index in [1.165, 1.54) is 6.42 Å². The minimum Gasteiger partial charge on any atom is -0.338 e. The first kappa shape index (κ1) is 14.5. The molecule has 0 radical (unpaired) electrons. The van der Waals surface area contributed by atoms with Gasteiger partial charge in [-0.3, -0.25) is 4.79 Å². The normalized spacial score (nSPS) is 19.5. The summed E-state index contributed by atoms with van der Waals surface area (Å²) in [5.41, 5.74) is 1.86. The monoisotopic (exact) mass is 324 g/mol. The van der Waals surface area contributed by atoms with E-state index in [1.807, 2.05) is 37.1 Å². The Hall–Kier alpha value is -0.870. The van der Waals surface area contributed by atoms with Gasteiger partial charge in [-0.1, -0.05) is 15.9 Å². The molecule has 1 atom stereocenters. The largest absolute Gasteiger partial charge is 0.338 e.